The van der Waals surface area contributed by atoms with Crippen molar-refractivity contribution in [2.75, 3.05) is 0 Å². The van der Waals surface area contributed by atoms with E-state index in [4.69, 9.17) is 11.5 Å². The first-order chi connectivity index (χ1) is 19.0. The molecule has 0 bridgehead atoms. The van der Waals surface area contributed by atoms with Crippen molar-refractivity contribution >= 4 is 11.8 Å². The summed E-state index contributed by atoms with van der Waals surface area (Å²) in [6, 6.07) is 0. The molecule has 0 radical (unpaired) electrons. The second kappa shape index (κ2) is 31.5. The molecule has 0 aliphatic heterocycles. The van der Waals surface area contributed by atoms with Gasteiger partial charge in [-0.25, -0.2) is 0 Å². The standard InChI is InChI=1S/C35H70N2O2/c1-33(30-26-22-18-14-10-6-4-8-12-16-20-24-28-32-35(37)39)29-25-21-17-13-9-5-2-3-7-11-15-19-23-27-31-34(36)38/h33H,2-32H2,1H3,(H2,36,38)(H2,37,39). The van der Waals surface area contributed by atoms with Crippen LogP contribution in [-0.4, -0.2) is 11.8 Å². The van der Waals surface area contributed by atoms with E-state index in [-0.39, 0.29) is 11.8 Å². The highest BCUT2D eigenvalue weighted by molar-refractivity contribution is 5.73. The lowest BCUT2D eigenvalue weighted by Gasteiger charge is -2.11. The number of hydrogen-bond acceptors (Lipinski definition) is 2. The Kier molecular flexibility index (Phi) is 30.6. The minimum absolute atomic E-state index is 0.154. The van der Waals surface area contributed by atoms with E-state index in [2.05, 4.69) is 6.92 Å². The van der Waals surface area contributed by atoms with Gasteiger partial charge in [-0.05, 0) is 18.8 Å². The Morgan fingerprint density at radius 1 is 0.359 bits per heavy atom. The highest BCUT2D eigenvalue weighted by atomic mass is 16.1. The number of hydrogen-bond donors (Lipinski definition) is 2. The summed E-state index contributed by atoms with van der Waals surface area (Å²) in [4.78, 5) is 21.4. The van der Waals surface area contributed by atoms with E-state index >= 15 is 0 Å². The molecule has 0 fully saturated rings. The van der Waals surface area contributed by atoms with Gasteiger partial charge < -0.3 is 11.5 Å². The minimum atomic E-state index is -0.154. The molecule has 0 aliphatic rings. The average Bonchev–Trinajstić information content (AvgIpc) is 2.90. The van der Waals surface area contributed by atoms with Crippen LogP contribution < -0.4 is 11.5 Å². The maximum Gasteiger partial charge on any atom is 0.217 e. The summed E-state index contributed by atoms with van der Waals surface area (Å²) in [6.45, 7) is 2.47. The van der Waals surface area contributed by atoms with Gasteiger partial charge in [0.25, 0.3) is 0 Å². The molecule has 0 heterocycles. The van der Waals surface area contributed by atoms with Crippen molar-refractivity contribution in [3.8, 4) is 0 Å². The van der Waals surface area contributed by atoms with Gasteiger partial charge in [-0.3, -0.25) is 9.59 Å². The second-order valence-electron chi connectivity index (χ2n) is 12.7. The fraction of sp³-hybridized carbons (Fsp3) is 0.943. The average molecular weight is 551 g/mol. The van der Waals surface area contributed by atoms with Crippen LogP contribution in [0.2, 0.25) is 0 Å². The lowest BCUT2D eigenvalue weighted by Crippen LogP contribution is -2.09. The van der Waals surface area contributed by atoms with Gasteiger partial charge in [-0.15, -0.1) is 0 Å². The molecule has 4 heteroatoms. The molecule has 0 aromatic carbocycles. The lowest BCUT2D eigenvalue weighted by molar-refractivity contribution is -0.119. The third kappa shape index (κ3) is 34.9. The number of unbranched alkanes of at least 4 members (excludes halogenated alkanes) is 25. The molecule has 1 atom stereocenters. The van der Waals surface area contributed by atoms with E-state index in [1.54, 1.807) is 0 Å². The predicted octanol–water partition coefficient (Wildman–Crippen LogP) is 10.7. The molecule has 0 aromatic rings. The Hall–Kier alpha value is -1.06. The lowest BCUT2D eigenvalue weighted by atomic mass is 9.95. The van der Waals surface area contributed by atoms with E-state index < -0.39 is 0 Å². The van der Waals surface area contributed by atoms with Gasteiger partial charge in [0.15, 0.2) is 0 Å². The van der Waals surface area contributed by atoms with E-state index in [0.29, 0.717) is 12.8 Å². The molecule has 0 saturated heterocycles. The van der Waals surface area contributed by atoms with Gasteiger partial charge in [0, 0.05) is 12.8 Å². The van der Waals surface area contributed by atoms with Gasteiger partial charge in [-0.1, -0.05) is 180 Å². The van der Waals surface area contributed by atoms with Crippen molar-refractivity contribution in [1.29, 1.82) is 0 Å². The molecule has 1 unspecified atom stereocenters. The second-order valence-corrected chi connectivity index (χ2v) is 12.7. The largest absolute Gasteiger partial charge is 0.370 e. The van der Waals surface area contributed by atoms with Crippen molar-refractivity contribution < 1.29 is 9.59 Å². The normalized spacial score (nSPS) is 12.1. The third-order valence-corrected chi connectivity index (χ3v) is 8.49. The zero-order chi connectivity index (χ0) is 28.7. The van der Waals surface area contributed by atoms with Gasteiger partial charge in [0.05, 0.1) is 0 Å². The molecule has 4 N–H and O–H groups in total. The number of nitrogens with two attached hydrogens (primary N) is 2. The van der Waals surface area contributed by atoms with Crippen molar-refractivity contribution in [3.63, 3.8) is 0 Å². The highest BCUT2D eigenvalue weighted by Crippen LogP contribution is 2.19. The fourth-order valence-corrected chi connectivity index (χ4v) is 5.79. The topological polar surface area (TPSA) is 86.2 Å². The zero-order valence-electron chi connectivity index (χ0n) is 26.5. The van der Waals surface area contributed by atoms with E-state index in [1.165, 1.54) is 161 Å². The van der Waals surface area contributed by atoms with E-state index in [1.807, 2.05) is 0 Å². The summed E-state index contributed by atoms with van der Waals surface area (Å²) < 4.78 is 0. The Morgan fingerprint density at radius 3 is 0.744 bits per heavy atom. The van der Waals surface area contributed by atoms with Gasteiger partial charge in [0.2, 0.25) is 11.8 Å². The first-order valence-corrected chi connectivity index (χ1v) is 17.6. The molecule has 39 heavy (non-hydrogen) atoms. The van der Waals surface area contributed by atoms with Crippen molar-refractivity contribution in [1.82, 2.24) is 0 Å². The molecular formula is C35H70N2O2. The highest BCUT2D eigenvalue weighted by Gasteiger charge is 2.03. The number of primary amides is 2. The van der Waals surface area contributed by atoms with Crippen molar-refractivity contribution in [2.45, 2.75) is 206 Å². The van der Waals surface area contributed by atoms with Crippen LogP contribution in [0.4, 0.5) is 0 Å². The molecule has 232 valence electrons. The monoisotopic (exact) mass is 551 g/mol. The summed E-state index contributed by atoms with van der Waals surface area (Å²) in [5, 5.41) is 0. The summed E-state index contributed by atoms with van der Waals surface area (Å²) >= 11 is 0. The molecule has 2 amide bonds. The Bertz CT molecular complexity index is 523. The van der Waals surface area contributed by atoms with Crippen LogP contribution in [0.25, 0.3) is 0 Å². The number of carbonyl (C=O) groups excluding carboxylic acids is 2. The molecule has 0 saturated carbocycles. The van der Waals surface area contributed by atoms with Crippen LogP contribution in [0.3, 0.4) is 0 Å². The van der Waals surface area contributed by atoms with Crippen molar-refractivity contribution in [3.05, 3.63) is 0 Å². The molecule has 0 spiro atoms. The first-order valence-electron chi connectivity index (χ1n) is 17.6. The van der Waals surface area contributed by atoms with Crippen LogP contribution in [0.15, 0.2) is 0 Å². The van der Waals surface area contributed by atoms with Crippen LogP contribution in [-0.2, 0) is 9.59 Å². The minimum Gasteiger partial charge on any atom is -0.370 e. The number of rotatable bonds is 33. The predicted molar refractivity (Wildman–Crippen MR) is 171 cm³/mol. The van der Waals surface area contributed by atoms with E-state index in [0.717, 1.165) is 31.6 Å². The van der Waals surface area contributed by atoms with Crippen molar-refractivity contribution in [2.24, 2.45) is 17.4 Å². The fourth-order valence-electron chi connectivity index (χ4n) is 5.79. The SMILES string of the molecule is CC(CCCCCCCCCCCCCCCCC(N)=O)CCCCCCCCCCCCCCCC(N)=O. The van der Waals surface area contributed by atoms with Gasteiger partial charge in [0.1, 0.15) is 0 Å². The first kappa shape index (κ1) is 37.9. The van der Waals surface area contributed by atoms with Crippen LogP contribution in [0.1, 0.15) is 206 Å². The quantitative estimate of drug-likeness (QED) is 0.0796. The Balaban J connectivity index is 3.16. The summed E-state index contributed by atoms with van der Waals surface area (Å²) in [7, 11) is 0. The number of carbonyl (C=O) groups is 2. The van der Waals surface area contributed by atoms with Gasteiger partial charge >= 0.3 is 0 Å². The van der Waals surface area contributed by atoms with Gasteiger partial charge in [-0.2, -0.15) is 0 Å². The Morgan fingerprint density at radius 2 is 0.538 bits per heavy atom. The maximum absolute atomic E-state index is 10.7. The van der Waals surface area contributed by atoms with Crippen LogP contribution in [0, 0.1) is 5.92 Å². The molecular weight excluding hydrogens is 480 g/mol. The maximum atomic E-state index is 10.7. The number of amides is 2. The summed E-state index contributed by atoms with van der Waals surface area (Å²) in [6.07, 6.45) is 40.3. The molecule has 4 nitrogen and oxygen atoms in total. The summed E-state index contributed by atoms with van der Waals surface area (Å²) in [5.41, 5.74) is 10.3. The van der Waals surface area contributed by atoms with E-state index in [9.17, 15) is 9.59 Å². The molecule has 0 rings (SSSR count). The zero-order valence-corrected chi connectivity index (χ0v) is 26.5. The molecule has 0 aliphatic carbocycles. The van der Waals surface area contributed by atoms with Crippen LogP contribution >= 0.6 is 0 Å². The summed E-state index contributed by atoms with van der Waals surface area (Å²) in [5.74, 6) is 0.612. The third-order valence-electron chi connectivity index (χ3n) is 8.49. The van der Waals surface area contributed by atoms with Crippen LogP contribution in [0.5, 0.6) is 0 Å². The smallest absolute Gasteiger partial charge is 0.217 e. The molecule has 0 aromatic heterocycles. The Labute approximate surface area is 244 Å².